The third-order valence-corrected chi connectivity index (χ3v) is 2.70. The van der Waals surface area contributed by atoms with Crippen molar-refractivity contribution in [3.63, 3.8) is 0 Å². The van der Waals surface area contributed by atoms with Crippen molar-refractivity contribution >= 4 is 11.9 Å². The molecule has 0 saturated heterocycles. The number of nitrogens with zero attached hydrogens (tertiary/aromatic N) is 2. The molecule has 7 nitrogen and oxygen atoms in total. The summed E-state index contributed by atoms with van der Waals surface area (Å²) in [4.78, 5) is 22.3. The minimum atomic E-state index is -2.31. The van der Waals surface area contributed by atoms with Gasteiger partial charge in [0.2, 0.25) is 11.4 Å². The lowest BCUT2D eigenvalue weighted by Gasteiger charge is -2.30. The number of rotatable bonds is 6. The van der Waals surface area contributed by atoms with E-state index in [0.717, 1.165) is 0 Å². The van der Waals surface area contributed by atoms with E-state index in [1.54, 1.807) is 19.9 Å². The van der Waals surface area contributed by atoms with E-state index in [2.05, 4.69) is 0 Å². The average molecular weight is 252 g/mol. The summed E-state index contributed by atoms with van der Waals surface area (Å²) in [5.41, 5.74) is 8.28. The molecule has 0 aromatic heterocycles. The van der Waals surface area contributed by atoms with Crippen LogP contribution in [0.1, 0.15) is 20.3 Å². The van der Waals surface area contributed by atoms with Gasteiger partial charge in [-0.3, -0.25) is 4.79 Å². The Balaban J connectivity index is 5.63. The van der Waals surface area contributed by atoms with Gasteiger partial charge in [0, 0.05) is 5.92 Å². The highest BCUT2D eigenvalue weighted by molar-refractivity contribution is 5.86. The van der Waals surface area contributed by atoms with Gasteiger partial charge in [0.15, 0.2) is 0 Å². The number of nitrogens with two attached hydrogens (primary N) is 2. The van der Waals surface area contributed by atoms with E-state index in [9.17, 15) is 9.59 Å². The molecule has 0 fully saturated rings. The lowest BCUT2D eigenvalue weighted by atomic mass is 9.73. The van der Waals surface area contributed by atoms with Crippen molar-refractivity contribution in [1.82, 2.24) is 0 Å². The molecule has 18 heavy (non-hydrogen) atoms. The maximum atomic E-state index is 11.2. The van der Waals surface area contributed by atoms with Crippen molar-refractivity contribution in [2.45, 2.75) is 25.8 Å². The summed E-state index contributed by atoms with van der Waals surface area (Å²) in [5.74, 6) is -5.15. The minimum Gasteiger partial charge on any atom is -0.479 e. The predicted octanol–water partition coefficient (Wildman–Crippen LogP) is -0.421. The van der Waals surface area contributed by atoms with E-state index in [1.165, 1.54) is 6.07 Å². The summed E-state index contributed by atoms with van der Waals surface area (Å²) in [6, 6.07) is 3.11. The number of hydrogen-bond donors (Lipinski definition) is 3. The zero-order valence-corrected chi connectivity index (χ0v) is 10.3. The van der Waals surface area contributed by atoms with Gasteiger partial charge in [-0.25, -0.2) is 4.79 Å². The minimum absolute atomic E-state index is 0.0409. The topological polar surface area (TPSA) is 154 Å². The number of nitriles is 2. The number of aliphatic carboxylic acids is 1. The predicted molar refractivity (Wildman–Crippen MR) is 61.4 cm³/mol. The van der Waals surface area contributed by atoms with E-state index in [4.69, 9.17) is 27.1 Å². The average Bonchev–Trinajstić information content (AvgIpc) is 2.26. The number of carbonyl (C=O) groups is 2. The Hall–Kier alpha value is -2.12. The van der Waals surface area contributed by atoms with Gasteiger partial charge in [-0.05, 0) is 12.3 Å². The summed E-state index contributed by atoms with van der Waals surface area (Å²) >= 11 is 0. The number of carboxylic acids is 1. The van der Waals surface area contributed by atoms with Gasteiger partial charge in [-0.2, -0.15) is 10.5 Å². The fraction of sp³-hybridized carbons (Fsp3) is 0.636. The van der Waals surface area contributed by atoms with Crippen molar-refractivity contribution in [3.8, 4) is 12.1 Å². The molecule has 0 aliphatic rings. The smallest absolute Gasteiger partial charge is 0.338 e. The van der Waals surface area contributed by atoms with Gasteiger partial charge in [0.25, 0.3) is 0 Å². The Morgan fingerprint density at radius 1 is 1.39 bits per heavy atom. The van der Waals surface area contributed by atoms with E-state index >= 15 is 0 Å². The third-order valence-electron chi connectivity index (χ3n) is 2.70. The molecule has 7 heteroatoms. The number of amides is 1. The Morgan fingerprint density at radius 2 is 1.89 bits per heavy atom. The molecular formula is C11H16N4O3. The van der Waals surface area contributed by atoms with Crippen molar-refractivity contribution in [1.29, 1.82) is 10.5 Å². The van der Waals surface area contributed by atoms with Gasteiger partial charge in [0.1, 0.15) is 5.92 Å². The molecule has 0 aromatic carbocycles. The van der Waals surface area contributed by atoms with Gasteiger partial charge < -0.3 is 16.6 Å². The first-order valence-electron chi connectivity index (χ1n) is 5.33. The standard InChI is InChI=1S/C11H16N4O3/c1-6(2)3-8(7(4-12)9(14)16)11(15,5-13)10(17)18/h6-8H,3,15H2,1-2H3,(H2,14,16)(H,17,18)/t7?,8?,11-/m0/s1. The summed E-state index contributed by atoms with van der Waals surface area (Å²) < 4.78 is 0. The van der Waals surface area contributed by atoms with Gasteiger partial charge >= 0.3 is 5.97 Å². The van der Waals surface area contributed by atoms with Crippen molar-refractivity contribution < 1.29 is 14.7 Å². The van der Waals surface area contributed by atoms with Crippen LogP contribution in [0.4, 0.5) is 0 Å². The molecule has 0 aliphatic carbocycles. The Morgan fingerprint density at radius 3 is 2.11 bits per heavy atom. The molecule has 0 aromatic rings. The molecule has 0 aliphatic heterocycles. The third kappa shape index (κ3) is 3.19. The molecule has 0 rings (SSSR count). The lowest BCUT2D eigenvalue weighted by molar-refractivity contribution is -0.144. The van der Waals surface area contributed by atoms with Crippen LogP contribution < -0.4 is 11.5 Å². The van der Waals surface area contributed by atoms with Crippen LogP contribution in [-0.2, 0) is 9.59 Å². The van der Waals surface area contributed by atoms with Crippen molar-refractivity contribution in [3.05, 3.63) is 0 Å². The monoisotopic (exact) mass is 252 g/mol. The van der Waals surface area contributed by atoms with Crippen LogP contribution >= 0.6 is 0 Å². The first-order chi connectivity index (χ1) is 8.20. The molecular weight excluding hydrogens is 236 g/mol. The van der Waals surface area contributed by atoms with Crippen LogP contribution in [0.15, 0.2) is 0 Å². The maximum absolute atomic E-state index is 11.2. The largest absolute Gasteiger partial charge is 0.479 e. The highest BCUT2D eigenvalue weighted by atomic mass is 16.4. The van der Waals surface area contributed by atoms with Crippen LogP contribution in [0.3, 0.4) is 0 Å². The van der Waals surface area contributed by atoms with E-state index in [0.29, 0.717) is 0 Å². The molecule has 2 unspecified atom stereocenters. The highest BCUT2D eigenvalue weighted by Crippen LogP contribution is 2.29. The molecule has 0 bridgehead atoms. The zero-order chi connectivity index (χ0) is 14.5. The van der Waals surface area contributed by atoms with Crippen molar-refractivity contribution in [2.75, 3.05) is 0 Å². The van der Waals surface area contributed by atoms with E-state index in [1.807, 2.05) is 0 Å². The van der Waals surface area contributed by atoms with Gasteiger partial charge in [-0.1, -0.05) is 13.8 Å². The Bertz CT molecular complexity index is 421. The number of primary amides is 1. The maximum Gasteiger partial charge on any atom is 0.338 e. The second-order valence-corrected chi connectivity index (χ2v) is 4.53. The first-order valence-corrected chi connectivity index (χ1v) is 5.33. The fourth-order valence-corrected chi connectivity index (χ4v) is 1.73. The number of hydrogen-bond acceptors (Lipinski definition) is 5. The van der Waals surface area contributed by atoms with Crippen molar-refractivity contribution in [2.24, 2.45) is 29.2 Å². The molecule has 1 amide bonds. The molecule has 0 saturated carbocycles. The second kappa shape index (κ2) is 5.99. The van der Waals surface area contributed by atoms with Gasteiger partial charge in [0.05, 0.1) is 12.1 Å². The second-order valence-electron chi connectivity index (χ2n) is 4.53. The van der Waals surface area contributed by atoms with E-state index < -0.39 is 29.3 Å². The van der Waals surface area contributed by atoms with Gasteiger partial charge in [-0.15, -0.1) is 0 Å². The zero-order valence-electron chi connectivity index (χ0n) is 10.3. The van der Waals surface area contributed by atoms with Crippen LogP contribution in [0.5, 0.6) is 0 Å². The first kappa shape index (κ1) is 15.9. The SMILES string of the molecule is CC(C)CC(C(C#N)C(N)=O)[C@@](N)(C#N)C(=O)O. The number of carboxylic acid groups (broad SMARTS) is 1. The molecule has 3 atom stereocenters. The molecule has 0 heterocycles. The quantitative estimate of drug-likeness (QED) is 0.583. The Labute approximate surface area is 105 Å². The summed E-state index contributed by atoms with van der Waals surface area (Å²) in [6.45, 7) is 3.53. The van der Waals surface area contributed by atoms with E-state index in [-0.39, 0.29) is 12.3 Å². The molecule has 0 spiro atoms. The lowest BCUT2D eigenvalue weighted by Crippen LogP contribution is -2.57. The van der Waals surface area contributed by atoms with Crippen LogP contribution in [-0.4, -0.2) is 22.5 Å². The fourth-order valence-electron chi connectivity index (χ4n) is 1.73. The Kier molecular flexibility index (Phi) is 5.28. The summed E-state index contributed by atoms with van der Waals surface area (Å²) in [6.07, 6.45) is 0.136. The molecule has 0 radical (unpaired) electrons. The summed E-state index contributed by atoms with van der Waals surface area (Å²) in [5, 5.41) is 26.9. The molecule has 5 N–H and O–H groups in total. The highest BCUT2D eigenvalue weighted by Gasteiger charge is 2.48. The van der Waals surface area contributed by atoms with Crippen LogP contribution in [0.25, 0.3) is 0 Å². The normalized spacial score (nSPS) is 17.0. The van der Waals surface area contributed by atoms with Crippen LogP contribution in [0, 0.1) is 40.4 Å². The molecule has 98 valence electrons. The summed E-state index contributed by atoms with van der Waals surface area (Å²) in [7, 11) is 0. The van der Waals surface area contributed by atoms with Crippen LogP contribution in [0.2, 0.25) is 0 Å². The number of carbonyl (C=O) groups excluding carboxylic acids is 1.